The van der Waals surface area contributed by atoms with Crippen molar-refractivity contribution < 1.29 is 9.90 Å². The van der Waals surface area contributed by atoms with Crippen LogP contribution >= 0.6 is 0 Å². The lowest BCUT2D eigenvalue weighted by molar-refractivity contribution is -0.141. The van der Waals surface area contributed by atoms with E-state index in [1.807, 2.05) is 13.8 Å². The lowest BCUT2D eigenvalue weighted by atomic mass is 9.95. The number of rotatable bonds is 4. The van der Waals surface area contributed by atoms with Crippen molar-refractivity contribution in [3.05, 3.63) is 11.6 Å². The smallest absolute Gasteiger partial charge is 0.306 e. The van der Waals surface area contributed by atoms with E-state index in [0.29, 0.717) is 6.04 Å². The molecular formula is C13H21N3O2. The molecule has 0 spiro atoms. The molecule has 1 heterocycles. The van der Waals surface area contributed by atoms with Gasteiger partial charge in [0.15, 0.2) is 0 Å². The van der Waals surface area contributed by atoms with Crippen LogP contribution < -0.4 is 0 Å². The molecule has 0 amide bonds. The van der Waals surface area contributed by atoms with Crippen LogP contribution in [0, 0.1) is 12.8 Å². The summed E-state index contributed by atoms with van der Waals surface area (Å²) in [6.07, 6.45) is 4.79. The van der Waals surface area contributed by atoms with Crippen LogP contribution in [0.3, 0.4) is 0 Å². The summed E-state index contributed by atoms with van der Waals surface area (Å²) >= 11 is 0. The van der Waals surface area contributed by atoms with E-state index in [4.69, 9.17) is 5.11 Å². The van der Waals surface area contributed by atoms with Gasteiger partial charge in [-0.1, -0.05) is 26.7 Å². The van der Waals surface area contributed by atoms with E-state index in [0.717, 1.165) is 24.5 Å². The van der Waals surface area contributed by atoms with Crippen molar-refractivity contribution in [3.8, 4) is 0 Å². The topological polar surface area (TPSA) is 68.0 Å². The molecule has 1 aliphatic carbocycles. The van der Waals surface area contributed by atoms with Gasteiger partial charge in [0.25, 0.3) is 0 Å². The van der Waals surface area contributed by atoms with Crippen molar-refractivity contribution in [3.63, 3.8) is 0 Å². The number of carbonyl (C=O) groups is 1. The zero-order valence-corrected chi connectivity index (χ0v) is 11.3. The minimum atomic E-state index is -0.777. The molecule has 5 nitrogen and oxygen atoms in total. The average Bonchev–Trinajstić information content (AvgIpc) is 2.95. The van der Waals surface area contributed by atoms with Gasteiger partial charge < -0.3 is 9.67 Å². The monoisotopic (exact) mass is 251 g/mol. The fraction of sp³-hybridized carbons (Fsp3) is 0.769. The van der Waals surface area contributed by atoms with Gasteiger partial charge in [-0.15, -0.1) is 10.2 Å². The van der Waals surface area contributed by atoms with Gasteiger partial charge in [0, 0.05) is 12.0 Å². The molecule has 1 N–H and O–H groups in total. The number of aromatic nitrogens is 3. The molecule has 0 aromatic carbocycles. The number of hydrogen-bond acceptors (Lipinski definition) is 3. The SMILES string of the molecule is Cc1nnc(C(C)C(C)C(=O)O)n1C1CCCC1. The number of carboxylic acids is 1. The van der Waals surface area contributed by atoms with Crippen LogP contribution in [-0.2, 0) is 4.79 Å². The van der Waals surface area contributed by atoms with E-state index < -0.39 is 11.9 Å². The summed E-state index contributed by atoms with van der Waals surface area (Å²) in [5.41, 5.74) is 0. The maximum atomic E-state index is 11.1. The minimum Gasteiger partial charge on any atom is -0.481 e. The first-order chi connectivity index (χ1) is 8.52. The van der Waals surface area contributed by atoms with Gasteiger partial charge >= 0.3 is 5.97 Å². The summed E-state index contributed by atoms with van der Waals surface area (Å²) in [6.45, 7) is 5.61. The third-order valence-corrected chi connectivity index (χ3v) is 4.13. The fourth-order valence-corrected chi connectivity index (χ4v) is 2.75. The van der Waals surface area contributed by atoms with E-state index in [2.05, 4.69) is 14.8 Å². The number of carboxylic acid groups (broad SMARTS) is 1. The lowest BCUT2D eigenvalue weighted by Crippen LogP contribution is -2.21. The molecule has 5 heteroatoms. The van der Waals surface area contributed by atoms with Gasteiger partial charge in [-0.2, -0.15) is 0 Å². The lowest BCUT2D eigenvalue weighted by Gasteiger charge is -2.21. The first-order valence-electron chi connectivity index (χ1n) is 6.66. The Labute approximate surface area is 107 Å². The van der Waals surface area contributed by atoms with Gasteiger partial charge in [-0.25, -0.2) is 0 Å². The zero-order valence-electron chi connectivity index (χ0n) is 11.3. The van der Waals surface area contributed by atoms with E-state index >= 15 is 0 Å². The molecule has 0 saturated heterocycles. The third kappa shape index (κ3) is 2.26. The highest BCUT2D eigenvalue weighted by molar-refractivity contribution is 5.70. The van der Waals surface area contributed by atoms with Gasteiger partial charge in [0.05, 0.1) is 5.92 Å². The Morgan fingerprint density at radius 3 is 2.50 bits per heavy atom. The normalized spacial score (nSPS) is 19.9. The van der Waals surface area contributed by atoms with Crippen molar-refractivity contribution in [1.29, 1.82) is 0 Å². The van der Waals surface area contributed by atoms with Crippen molar-refractivity contribution in [1.82, 2.24) is 14.8 Å². The Hall–Kier alpha value is -1.39. The van der Waals surface area contributed by atoms with E-state index in [1.54, 1.807) is 6.92 Å². The summed E-state index contributed by atoms with van der Waals surface area (Å²) in [5, 5.41) is 17.5. The second-order valence-electron chi connectivity index (χ2n) is 5.33. The van der Waals surface area contributed by atoms with Crippen LogP contribution in [0.2, 0.25) is 0 Å². The molecule has 2 atom stereocenters. The molecule has 1 saturated carbocycles. The first kappa shape index (κ1) is 13.1. The Morgan fingerprint density at radius 2 is 1.94 bits per heavy atom. The Morgan fingerprint density at radius 1 is 1.33 bits per heavy atom. The van der Waals surface area contributed by atoms with Crippen molar-refractivity contribution >= 4 is 5.97 Å². The van der Waals surface area contributed by atoms with E-state index in [-0.39, 0.29) is 5.92 Å². The van der Waals surface area contributed by atoms with Gasteiger partial charge in [-0.3, -0.25) is 4.79 Å². The summed E-state index contributed by atoms with van der Waals surface area (Å²) in [7, 11) is 0. The second-order valence-corrected chi connectivity index (χ2v) is 5.33. The molecule has 100 valence electrons. The van der Waals surface area contributed by atoms with Crippen LogP contribution in [0.5, 0.6) is 0 Å². The van der Waals surface area contributed by atoms with E-state index in [9.17, 15) is 4.79 Å². The molecule has 2 rings (SSSR count). The molecular weight excluding hydrogens is 230 g/mol. The summed E-state index contributed by atoms with van der Waals surface area (Å²) in [5.74, 6) is 0.412. The zero-order chi connectivity index (χ0) is 13.3. The molecule has 0 aliphatic heterocycles. The molecule has 0 bridgehead atoms. The van der Waals surface area contributed by atoms with Gasteiger partial charge in [0.1, 0.15) is 11.6 Å². The molecule has 0 radical (unpaired) electrons. The quantitative estimate of drug-likeness (QED) is 0.892. The maximum Gasteiger partial charge on any atom is 0.306 e. The number of aryl methyl sites for hydroxylation is 1. The minimum absolute atomic E-state index is 0.107. The van der Waals surface area contributed by atoms with Crippen LogP contribution in [0.1, 0.15) is 63.1 Å². The van der Waals surface area contributed by atoms with Crippen molar-refractivity contribution in [2.75, 3.05) is 0 Å². The Kier molecular flexibility index (Phi) is 3.68. The highest BCUT2D eigenvalue weighted by Crippen LogP contribution is 2.34. The molecule has 18 heavy (non-hydrogen) atoms. The van der Waals surface area contributed by atoms with Gasteiger partial charge in [-0.05, 0) is 19.8 Å². The van der Waals surface area contributed by atoms with E-state index in [1.165, 1.54) is 12.8 Å². The second kappa shape index (κ2) is 5.08. The first-order valence-corrected chi connectivity index (χ1v) is 6.66. The Bertz CT molecular complexity index is 435. The van der Waals surface area contributed by atoms with Crippen molar-refractivity contribution in [2.24, 2.45) is 5.92 Å². The maximum absolute atomic E-state index is 11.1. The molecule has 1 aliphatic rings. The van der Waals surface area contributed by atoms with Crippen LogP contribution in [-0.4, -0.2) is 25.8 Å². The van der Waals surface area contributed by atoms with Crippen LogP contribution in [0.4, 0.5) is 0 Å². The summed E-state index contributed by atoms with van der Waals surface area (Å²) in [4.78, 5) is 11.1. The highest BCUT2D eigenvalue weighted by Gasteiger charge is 2.29. The fourth-order valence-electron chi connectivity index (χ4n) is 2.75. The highest BCUT2D eigenvalue weighted by atomic mass is 16.4. The third-order valence-electron chi connectivity index (χ3n) is 4.13. The summed E-state index contributed by atoms with van der Waals surface area (Å²) in [6, 6.07) is 0.457. The van der Waals surface area contributed by atoms with Crippen LogP contribution in [0.15, 0.2) is 0 Å². The number of hydrogen-bond donors (Lipinski definition) is 1. The summed E-state index contributed by atoms with van der Waals surface area (Å²) < 4.78 is 2.16. The molecule has 1 aromatic rings. The molecule has 1 aromatic heterocycles. The molecule has 2 unspecified atom stereocenters. The predicted molar refractivity (Wildman–Crippen MR) is 67.5 cm³/mol. The number of nitrogens with zero attached hydrogens (tertiary/aromatic N) is 3. The Balaban J connectivity index is 2.30. The van der Waals surface area contributed by atoms with Gasteiger partial charge in [0.2, 0.25) is 0 Å². The molecule has 1 fully saturated rings. The van der Waals surface area contributed by atoms with Crippen molar-refractivity contribution in [2.45, 2.75) is 58.4 Å². The van der Waals surface area contributed by atoms with Crippen LogP contribution in [0.25, 0.3) is 0 Å². The number of aliphatic carboxylic acids is 1. The standard InChI is InChI=1S/C13H21N3O2/c1-8(9(2)13(17)18)12-15-14-10(3)16(12)11-6-4-5-7-11/h8-9,11H,4-7H2,1-3H3,(H,17,18). The predicted octanol–water partition coefficient (Wildman–Crippen LogP) is 2.53. The largest absolute Gasteiger partial charge is 0.481 e. The average molecular weight is 251 g/mol.